The first-order chi connectivity index (χ1) is 18.8. The average Bonchev–Trinajstić information content (AvgIpc) is 2.87. The number of ether oxygens (including phenoxy) is 1. The molecule has 1 fully saturated rings. The molecule has 0 amide bonds. The van der Waals surface area contributed by atoms with Crippen molar-refractivity contribution in [3.05, 3.63) is 88.5 Å². The fraction of sp³-hybridized carbons (Fsp3) is 0.267. The molecular weight excluding hydrogens is 547 g/mol. The van der Waals surface area contributed by atoms with Gasteiger partial charge in [-0.2, -0.15) is 22.0 Å². The van der Waals surface area contributed by atoms with Crippen molar-refractivity contribution < 1.29 is 44.3 Å². The zero-order chi connectivity index (χ0) is 28.8. The third-order valence-electron chi connectivity index (χ3n) is 7.00. The van der Waals surface area contributed by atoms with E-state index in [0.29, 0.717) is 6.07 Å². The van der Waals surface area contributed by atoms with E-state index in [0.717, 1.165) is 67.9 Å². The van der Waals surface area contributed by atoms with E-state index in [2.05, 4.69) is 4.74 Å². The van der Waals surface area contributed by atoms with Crippen LogP contribution < -0.4 is 4.74 Å². The van der Waals surface area contributed by atoms with Gasteiger partial charge in [0.25, 0.3) is 0 Å². The predicted molar refractivity (Wildman–Crippen MR) is 131 cm³/mol. The summed E-state index contributed by atoms with van der Waals surface area (Å²) in [5.74, 6) is -4.29. The van der Waals surface area contributed by atoms with Gasteiger partial charge in [-0.25, -0.2) is 17.6 Å². The molecule has 0 atom stereocenters. The molecule has 1 aliphatic carbocycles. The summed E-state index contributed by atoms with van der Waals surface area (Å²) in [4.78, 5) is 0. The molecule has 208 valence electrons. The fourth-order valence-corrected chi connectivity index (χ4v) is 5.12. The minimum Gasteiger partial charge on any atom is -0.429 e. The van der Waals surface area contributed by atoms with Gasteiger partial charge in [0.1, 0.15) is 34.6 Å². The van der Waals surface area contributed by atoms with E-state index in [1.54, 1.807) is 12.1 Å². The number of halogens is 9. The quantitative estimate of drug-likeness (QED) is 0.177. The van der Waals surface area contributed by atoms with Crippen LogP contribution in [0.15, 0.2) is 48.5 Å². The van der Waals surface area contributed by atoms with Crippen molar-refractivity contribution in [2.45, 2.75) is 50.3 Å². The van der Waals surface area contributed by atoms with E-state index in [1.807, 2.05) is 0 Å². The molecule has 5 rings (SSSR count). The summed E-state index contributed by atoms with van der Waals surface area (Å²) in [6.07, 6.45) is -4.48. The van der Waals surface area contributed by atoms with Crippen molar-refractivity contribution >= 4 is 21.5 Å². The first-order valence-corrected chi connectivity index (χ1v) is 12.3. The molecule has 0 unspecified atom stereocenters. The Balaban J connectivity index is 1.48. The van der Waals surface area contributed by atoms with Crippen molar-refractivity contribution in [1.29, 1.82) is 0 Å². The summed E-state index contributed by atoms with van der Waals surface area (Å²) in [7, 11) is 0. The van der Waals surface area contributed by atoms with Crippen molar-refractivity contribution in [2.75, 3.05) is 0 Å². The lowest BCUT2D eigenvalue weighted by Crippen LogP contribution is -2.25. The number of benzene rings is 4. The number of hydrogen-bond acceptors (Lipinski definition) is 1. The maximum absolute atomic E-state index is 15.3. The second-order valence-corrected chi connectivity index (χ2v) is 9.66. The van der Waals surface area contributed by atoms with Gasteiger partial charge in [-0.3, -0.25) is 0 Å². The van der Waals surface area contributed by atoms with Gasteiger partial charge in [-0.1, -0.05) is 43.4 Å². The molecule has 0 aromatic heterocycles. The SMILES string of the molecule is Fc1cc2cc(OC(F)(F)c3c(F)cc4cc(C5CCCCC5)ccc4c3F)ccc2c(F)c1C#CC(F)(F)F. The van der Waals surface area contributed by atoms with Crippen molar-refractivity contribution in [3.63, 3.8) is 0 Å². The Morgan fingerprint density at radius 2 is 1.32 bits per heavy atom. The molecule has 0 aliphatic heterocycles. The lowest BCUT2D eigenvalue weighted by molar-refractivity contribution is -0.189. The largest absolute Gasteiger partial charge is 0.458 e. The number of fused-ring (bicyclic) bond motifs is 2. The van der Waals surface area contributed by atoms with Gasteiger partial charge in [0.15, 0.2) is 0 Å². The molecule has 10 heteroatoms. The van der Waals surface area contributed by atoms with E-state index in [9.17, 15) is 26.3 Å². The molecule has 1 nitrogen and oxygen atoms in total. The Hall–Kier alpha value is -3.87. The minimum absolute atomic E-state index is 0.124. The van der Waals surface area contributed by atoms with Crippen LogP contribution in [0.25, 0.3) is 21.5 Å². The van der Waals surface area contributed by atoms with E-state index in [-0.39, 0.29) is 22.1 Å². The lowest BCUT2D eigenvalue weighted by Gasteiger charge is -2.23. The number of hydrogen-bond donors (Lipinski definition) is 0. The Morgan fingerprint density at radius 3 is 2.02 bits per heavy atom. The van der Waals surface area contributed by atoms with Crippen LogP contribution in [0.1, 0.15) is 54.7 Å². The highest BCUT2D eigenvalue weighted by Gasteiger charge is 2.42. The van der Waals surface area contributed by atoms with Crippen LogP contribution in [-0.2, 0) is 6.11 Å². The summed E-state index contributed by atoms with van der Waals surface area (Å²) < 4.78 is 131. The van der Waals surface area contributed by atoms with Crippen LogP contribution in [0.4, 0.5) is 39.5 Å². The highest BCUT2D eigenvalue weighted by atomic mass is 19.4. The first-order valence-electron chi connectivity index (χ1n) is 12.3. The fourth-order valence-electron chi connectivity index (χ4n) is 5.12. The van der Waals surface area contributed by atoms with E-state index >= 15 is 13.2 Å². The van der Waals surface area contributed by atoms with E-state index < -0.39 is 57.8 Å². The maximum Gasteiger partial charge on any atom is 0.458 e. The molecule has 0 N–H and O–H groups in total. The van der Waals surface area contributed by atoms with Crippen LogP contribution in [0, 0.1) is 35.1 Å². The van der Waals surface area contributed by atoms with Crippen molar-refractivity contribution in [2.24, 2.45) is 0 Å². The van der Waals surface area contributed by atoms with Crippen LogP contribution in [-0.4, -0.2) is 6.18 Å². The molecule has 0 saturated heterocycles. The van der Waals surface area contributed by atoms with Gasteiger partial charge in [0, 0.05) is 16.7 Å². The van der Waals surface area contributed by atoms with Gasteiger partial charge in [-0.05, 0) is 65.4 Å². The zero-order valence-electron chi connectivity index (χ0n) is 20.5. The molecule has 1 aliphatic rings. The zero-order valence-corrected chi connectivity index (χ0v) is 20.5. The highest BCUT2D eigenvalue weighted by Crippen LogP contribution is 2.40. The summed E-state index contributed by atoms with van der Waals surface area (Å²) in [5.41, 5.74) is -1.92. The molecule has 0 spiro atoms. The average molecular weight is 566 g/mol. The Bertz CT molecular complexity index is 1670. The van der Waals surface area contributed by atoms with Gasteiger partial charge in [-0.15, -0.1) is 0 Å². The van der Waals surface area contributed by atoms with Crippen molar-refractivity contribution in [1.82, 2.24) is 0 Å². The molecule has 4 aromatic rings. The lowest BCUT2D eigenvalue weighted by atomic mass is 9.83. The normalized spacial score (nSPS) is 14.8. The van der Waals surface area contributed by atoms with E-state index in [4.69, 9.17) is 0 Å². The molecule has 1 saturated carbocycles. The monoisotopic (exact) mass is 566 g/mol. The second kappa shape index (κ2) is 10.3. The van der Waals surface area contributed by atoms with Crippen LogP contribution in [0.3, 0.4) is 0 Å². The summed E-state index contributed by atoms with van der Waals surface area (Å²) in [5, 5.41) is -0.885. The maximum atomic E-state index is 15.3. The summed E-state index contributed by atoms with van der Waals surface area (Å²) >= 11 is 0. The molecular formula is C30H19F9O. The molecule has 40 heavy (non-hydrogen) atoms. The molecule has 4 aromatic carbocycles. The highest BCUT2D eigenvalue weighted by molar-refractivity contribution is 5.87. The van der Waals surface area contributed by atoms with Crippen molar-refractivity contribution in [3.8, 4) is 17.6 Å². The third-order valence-corrected chi connectivity index (χ3v) is 7.00. The molecule has 0 radical (unpaired) electrons. The standard InChI is InChI=1S/C30H19F9O/c31-24-14-19-13-20(7-9-21(19)27(33)23(24)10-11-29(35,36)37)40-30(38,39)26-25(32)15-18-12-17(6-8-22(18)28(26)34)16-4-2-1-3-5-16/h6-9,12-16H,1-5H2. The first kappa shape index (κ1) is 27.7. The summed E-state index contributed by atoms with van der Waals surface area (Å²) in [6, 6.07) is 8.40. The Labute approximate surface area is 222 Å². The van der Waals surface area contributed by atoms with Crippen LogP contribution >= 0.6 is 0 Å². The molecule has 0 bridgehead atoms. The van der Waals surface area contributed by atoms with Gasteiger partial charge in [0.2, 0.25) is 0 Å². The third kappa shape index (κ3) is 5.42. The number of rotatable bonds is 4. The topological polar surface area (TPSA) is 9.23 Å². The van der Waals surface area contributed by atoms with Crippen LogP contribution in [0.2, 0.25) is 0 Å². The van der Waals surface area contributed by atoms with Crippen LogP contribution in [0.5, 0.6) is 5.75 Å². The van der Waals surface area contributed by atoms with Gasteiger partial charge >= 0.3 is 12.3 Å². The van der Waals surface area contributed by atoms with Gasteiger partial charge in [0.05, 0.1) is 5.56 Å². The Kier molecular flexibility index (Phi) is 7.11. The number of alkyl halides is 5. The Morgan fingerprint density at radius 1 is 0.700 bits per heavy atom. The van der Waals surface area contributed by atoms with Gasteiger partial charge < -0.3 is 4.74 Å². The second-order valence-electron chi connectivity index (χ2n) is 9.66. The smallest absolute Gasteiger partial charge is 0.429 e. The summed E-state index contributed by atoms with van der Waals surface area (Å²) in [6.45, 7) is 0. The molecule has 0 heterocycles. The minimum atomic E-state index is -5.00. The van der Waals surface area contributed by atoms with E-state index in [1.165, 1.54) is 12.0 Å². The predicted octanol–water partition coefficient (Wildman–Crippen LogP) is 9.64.